The second-order valence-corrected chi connectivity index (χ2v) is 12.4. The van der Waals surface area contributed by atoms with Crippen molar-refractivity contribution in [2.24, 2.45) is 17.8 Å². The lowest BCUT2D eigenvalue weighted by Crippen LogP contribution is -2.44. The summed E-state index contributed by atoms with van der Waals surface area (Å²) in [6, 6.07) is 10.1. The average molecular weight is 596 g/mol. The second kappa shape index (κ2) is 10.9. The normalized spacial score (nSPS) is 30.0. The first kappa shape index (κ1) is 28.6. The van der Waals surface area contributed by atoms with Gasteiger partial charge < -0.3 is 20.1 Å². The molecule has 11 heteroatoms. The number of urea groups is 1. The number of ether oxygens (including phenoxy) is 1. The molecule has 6 atom stereocenters. The Hall–Kier alpha value is -2.56. The molecular weight excluding hydrogens is 562 g/mol. The summed E-state index contributed by atoms with van der Waals surface area (Å²) in [4.78, 5) is 17.8. The molecule has 1 heterocycles. The fourth-order valence-corrected chi connectivity index (χ4v) is 7.72. The van der Waals surface area contributed by atoms with Gasteiger partial charge in [-0.3, -0.25) is 4.90 Å². The zero-order chi connectivity index (χ0) is 28.9. The lowest BCUT2D eigenvalue weighted by Gasteiger charge is -2.31. The Balaban J connectivity index is 1.14. The highest BCUT2D eigenvalue weighted by Crippen LogP contribution is 2.65. The second-order valence-electron chi connectivity index (χ2n) is 12.0. The van der Waals surface area contributed by atoms with Gasteiger partial charge in [0, 0.05) is 36.3 Å². The fourth-order valence-electron chi connectivity index (χ4n) is 7.54. The summed E-state index contributed by atoms with van der Waals surface area (Å²) in [5, 5.41) is 12.6. The monoisotopic (exact) mass is 595 g/mol. The van der Waals surface area contributed by atoms with Gasteiger partial charge in [-0.25, -0.2) is 9.18 Å². The number of halogens is 5. The number of aliphatic hydroxyl groups excluding tert-OH is 1. The molecule has 3 saturated carbocycles. The smallest absolute Gasteiger partial charge is 0.406 e. The number of fused-ring (bicyclic) bond motifs is 2. The number of alkyl halides is 3. The third-order valence-corrected chi connectivity index (χ3v) is 9.94. The van der Waals surface area contributed by atoms with E-state index in [2.05, 4.69) is 15.0 Å². The van der Waals surface area contributed by atoms with Gasteiger partial charge in [0.05, 0.1) is 11.6 Å². The zero-order valence-corrected chi connectivity index (χ0v) is 23.3. The molecule has 41 heavy (non-hydrogen) atoms. The van der Waals surface area contributed by atoms with Crippen LogP contribution < -0.4 is 10.1 Å². The predicted molar refractivity (Wildman–Crippen MR) is 146 cm³/mol. The Kier molecular flexibility index (Phi) is 7.61. The molecule has 6 nitrogen and oxygen atoms in total. The van der Waals surface area contributed by atoms with Crippen molar-refractivity contribution < 1.29 is 32.2 Å². The Morgan fingerprint density at radius 3 is 2.78 bits per heavy atom. The molecule has 0 bridgehead atoms. The summed E-state index contributed by atoms with van der Waals surface area (Å²) >= 11 is 5.93. The molecule has 6 rings (SSSR count). The van der Waals surface area contributed by atoms with Crippen LogP contribution in [-0.2, 0) is 5.41 Å². The van der Waals surface area contributed by atoms with Crippen LogP contribution in [0.15, 0.2) is 42.5 Å². The molecule has 4 fully saturated rings. The van der Waals surface area contributed by atoms with Crippen molar-refractivity contribution in [3.05, 3.63) is 58.9 Å². The summed E-state index contributed by atoms with van der Waals surface area (Å²) in [6.45, 7) is 2.58. The van der Waals surface area contributed by atoms with Crippen LogP contribution in [0.1, 0.15) is 44.1 Å². The lowest BCUT2D eigenvalue weighted by atomic mass is 9.93. The summed E-state index contributed by atoms with van der Waals surface area (Å²) in [7, 11) is 0. The molecule has 1 saturated heterocycles. The number of nitrogens with one attached hydrogen (secondary N) is 1. The maximum atomic E-state index is 13.7. The van der Waals surface area contributed by atoms with Crippen LogP contribution in [0.25, 0.3) is 0 Å². The Labute approximate surface area is 241 Å². The number of likely N-dealkylation sites (tertiary alicyclic amines) is 1. The molecule has 222 valence electrons. The molecule has 3 aliphatic carbocycles. The van der Waals surface area contributed by atoms with Crippen LogP contribution in [0.5, 0.6) is 5.75 Å². The molecule has 2 N–H and O–H groups in total. The van der Waals surface area contributed by atoms with Crippen molar-refractivity contribution in [2.45, 2.75) is 62.4 Å². The molecule has 2 aromatic rings. The van der Waals surface area contributed by atoms with Crippen molar-refractivity contribution in [1.29, 1.82) is 0 Å². The lowest BCUT2D eigenvalue weighted by molar-refractivity contribution is -0.274. The van der Waals surface area contributed by atoms with Crippen molar-refractivity contribution in [2.75, 3.05) is 31.6 Å². The maximum Gasteiger partial charge on any atom is 0.573 e. The number of carbonyl (C=O) groups excluding carboxylic acids is 1. The third kappa shape index (κ3) is 5.88. The number of hydrogen-bond donors (Lipinski definition) is 2. The first-order chi connectivity index (χ1) is 19.6. The van der Waals surface area contributed by atoms with Crippen molar-refractivity contribution in [3.63, 3.8) is 0 Å². The predicted octanol–water partition coefficient (Wildman–Crippen LogP) is 6.42. The number of rotatable bonds is 10. The topological polar surface area (TPSA) is 65.0 Å². The molecule has 0 spiro atoms. The minimum atomic E-state index is -4.76. The molecule has 4 aliphatic rings. The summed E-state index contributed by atoms with van der Waals surface area (Å²) in [5.74, 6) is 0.639. The van der Waals surface area contributed by atoms with E-state index in [1.807, 2.05) is 11.0 Å². The number of anilines is 1. The third-order valence-electron chi connectivity index (χ3n) is 9.65. The SMILES string of the molecule is O=C(Nc1ccc(F)c(Cl)c1)N(CCCCN1C[C@@H]2C[C@@H]2[C@H]1CO)[C@@H]1CC[C@]2(c3cccc(OC(F)(F)F)c3)C[C@H]12. The Morgan fingerprint density at radius 1 is 1.22 bits per heavy atom. The van der Waals surface area contributed by atoms with Gasteiger partial charge >= 0.3 is 12.4 Å². The number of carbonyl (C=O) groups is 1. The number of unbranched alkanes of at least 4 members (excludes halogenated alkanes) is 1. The number of aliphatic hydroxyl groups is 1. The number of nitrogens with zero attached hydrogens (tertiary/aromatic N) is 2. The Bertz CT molecular complexity index is 1300. The van der Waals surface area contributed by atoms with E-state index >= 15 is 0 Å². The van der Waals surface area contributed by atoms with Gasteiger partial charge in [-0.1, -0.05) is 23.7 Å². The van der Waals surface area contributed by atoms with E-state index < -0.39 is 12.2 Å². The highest BCUT2D eigenvalue weighted by Gasteiger charge is 2.64. The van der Waals surface area contributed by atoms with Crippen molar-refractivity contribution >= 4 is 23.3 Å². The van der Waals surface area contributed by atoms with Crippen LogP contribution in [0, 0.1) is 23.6 Å². The number of hydrogen-bond acceptors (Lipinski definition) is 4. The minimum absolute atomic E-state index is 0.0808. The standard InChI is InChI=1S/C30H34ClF4N3O3/c31-24-14-20(6-7-25(24)32)36-28(40)38(11-2-1-10-37-16-18-12-22(18)27(37)17-39)26-8-9-29(15-23(26)29)19-4-3-5-21(13-19)41-30(33,34)35/h3-7,13-14,18,22-23,26-27,39H,1-2,8-12,15-17H2,(H,36,40)/t18-,22-,23+,26+,27+,29+/m0/s1. The van der Waals surface area contributed by atoms with Crippen LogP contribution in [0.3, 0.4) is 0 Å². The molecule has 0 aromatic heterocycles. The highest BCUT2D eigenvalue weighted by atomic mass is 35.5. The van der Waals surface area contributed by atoms with Crippen LogP contribution in [-0.4, -0.2) is 65.6 Å². The zero-order valence-electron chi connectivity index (χ0n) is 22.5. The maximum absolute atomic E-state index is 13.7. The van der Waals surface area contributed by atoms with E-state index in [0.717, 1.165) is 50.8 Å². The number of amides is 2. The first-order valence-electron chi connectivity index (χ1n) is 14.3. The van der Waals surface area contributed by atoms with E-state index in [9.17, 15) is 27.5 Å². The molecule has 1 aliphatic heterocycles. The van der Waals surface area contributed by atoms with Crippen molar-refractivity contribution in [3.8, 4) is 5.75 Å². The summed E-state index contributed by atoms with van der Waals surface area (Å²) in [6.07, 6.45) is 0.372. The fraction of sp³-hybridized carbons (Fsp3) is 0.567. The summed E-state index contributed by atoms with van der Waals surface area (Å²) in [5.41, 5.74) is 0.920. The van der Waals surface area contributed by atoms with Crippen LogP contribution in [0.4, 0.5) is 28.0 Å². The molecule has 0 radical (unpaired) electrons. The summed E-state index contributed by atoms with van der Waals surface area (Å²) < 4.78 is 56.3. The van der Waals surface area contributed by atoms with Crippen LogP contribution in [0.2, 0.25) is 5.02 Å². The first-order valence-corrected chi connectivity index (χ1v) is 14.7. The number of benzene rings is 2. The van der Waals surface area contributed by atoms with Gasteiger partial charge in [0.15, 0.2) is 0 Å². The van der Waals surface area contributed by atoms with E-state index in [4.69, 9.17) is 11.6 Å². The molecule has 2 aromatic carbocycles. The van der Waals surface area contributed by atoms with Crippen LogP contribution >= 0.6 is 11.6 Å². The Morgan fingerprint density at radius 2 is 2.05 bits per heavy atom. The largest absolute Gasteiger partial charge is 0.573 e. The molecular formula is C30H34ClF4N3O3. The van der Waals surface area contributed by atoms with Gasteiger partial charge in [0.1, 0.15) is 11.6 Å². The van der Waals surface area contributed by atoms with Gasteiger partial charge in [-0.2, -0.15) is 0 Å². The van der Waals surface area contributed by atoms with Gasteiger partial charge in [0.25, 0.3) is 0 Å². The molecule has 0 unspecified atom stereocenters. The van der Waals surface area contributed by atoms with E-state index in [1.165, 1.54) is 36.8 Å². The van der Waals surface area contributed by atoms with Crippen molar-refractivity contribution in [1.82, 2.24) is 9.80 Å². The molecule has 2 amide bonds. The van der Waals surface area contributed by atoms with E-state index in [1.54, 1.807) is 6.07 Å². The van der Waals surface area contributed by atoms with Gasteiger partial charge in [-0.05, 0) is 98.7 Å². The average Bonchev–Trinajstić information content (AvgIpc) is 3.79. The minimum Gasteiger partial charge on any atom is -0.406 e. The van der Waals surface area contributed by atoms with Gasteiger partial charge in [-0.15, -0.1) is 13.2 Å². The van der Waals surface area contributed by atoms with Gasteiger partial charge in [0.2, 0.25) is 0 Å². The quantitative estimate of drug-likeness (QED) is 0.246. The van der Waals surface area contributed by atoms with E-state index in [0.29, 0.717) is 24.1 Å². The number of piperidine rings is 1. The van der Waals surface area contributed by atoms with E-state index in [-0.39, 0.29) is 46.8 Å². The highest BCUT2D eigenvalue weighted by molar-refractivity contribution is 6.31.